The molecule has 4 heteroatoms. The molecule has 3 aromatic rings. The van der Waals surface area contributed by atoms with Gasteiger partial charge in [0.25, 0.3) is 0 Å². The third-order valence-corrected chi connectivity index (χ3v) is 2.58. The highest BCUT2D eigenvalue weighted by atomic mass is 35.5. The molecule has 1 aromatic heterocycles. The molecule has 17 heavy (non-hydrogen) atoms. The molecular formula is C13H9ClN2O. The number of halogens is 1. The van der Waals surface area contributed by atoms with E-state index in [1.807, 2.05) is 48.5 Å². The lowest BCUT2D eigenvalue weighted by molar-refractivity contribution is 0.483. The second-order valence-corrected chi connectivity index (χ2v) is 3.98. The molecule has 1 heterocycles. The zero-order chi connectivity index (χ0) is 11.7. The maximum atomic E-state index is 5.79. The van der Waals surface area contributed by atoms with Crippen LogP contribution in [-0.2, 0) is 0 Å². The van der Waals surface area contributed by atoms with Crippen molar-refractivity contribution in [2.75, 3.05) is 0 Å². The fourth-order valence-corrected chi connectivity index (χ4v) is 1.84. The number of rotatable bonds is 2. The van der Waals surface area contributed by atoms with Crippen LogP contribution in [0.5, 0.6) is 11.5 Å². The van der Waals surface area contributed by atoms with Gasteiger partial charge in [0.05, 0.1) is 11.0 Å². The molecule has 2 aromatic carbocycles. The summed E-state index contributed by atoms with van der Waals surface area (Å²) < 4.78 is 5.70. The molecular weight excluding hydrogens is 236 g/mol. The van der Waals surface area contributed by atoms with Crippen LogP contribution in [0.25, 0.3) is 11.0 Å². The van der Waals surface area contributed by atoms with Gasteiger partial charge in [0, 0.05) is 6.07 Å². The van der Waals surface area contributed by atoms with Crippen LogP contribution >= 0.6 is 11.6 Å². The van der Waals surface area contributed by atoms with Gasteiger partial charge in [-0.3, -0.25) is 0 Å². The first-order valence-corrected chi connectivity index (χ1v) is 5.57. The number of fused-ring (bicyclic) bond motifs is 1. The van der Waals surface area contributed by atoms with Crippen LogP contribution in [0, 0.1) is 0 Å². The van der Waals surface area contributed by atoms with Gasteiger partial charge < -0.3 is 9.72 Å². The summed E-state index contributed by atoms with van der Waals surface area (Å²) in [4.78, 5) is 7.09. The van der Waals surface area contributed by atoms with Crippen LogP contribution in [0.15, 0.2) is 48.5 Å². The van der Waals surface area contributed by atoms with E-state index in [0.29, 0.717) is 5.28 Å². The van der Waals surface area contributed by atoms with Crippen molar-refractivity contribution in [2.24, 2.45) is 0 Å². The molecule has 84 valence electrons. The maximum absolute atomic E-state index is 5.79. The molecule has 3 rings (SSSR count). The van der Waals surface area contributed by atoms with Gasteiger partial charge in [-0.2, -0.15) is 0 Å². The smallest absolute Gasteiger partial charge is 0.201 e. The molecule has 0 saturated carbocycles. The predicted octanol–water partition coefficient (Wildman–Crippen LogP) is 4.01. The minimum absolute atomic E-state index is 0.386. The van der Waals surface area contributed by atoms with Crippen LogP contribution in [0.4, 0.5) is 0 Å². The molecule has 0 spiro atoms. The number of H-pyrrole nitrogens is 1. The maximum Gasteiger partial charge on any atom is 0.201 e. The van der Waals surface area contributed by atoms with Crippen LogP contribution < -0.4 is 4.74 Å². The quantitative estimate of drug-likeness (QED) is 0.740. The van der Waals surface area contributed by atoms with Crippen molar-refractivity contribution in [1.29, 1.82) is 0 Å². The molecule has 0 amide bonds. The first-order valence-electron chi connectivity index (χ1n) is 5.19. The second kappa shape index (κ2) is 4.11. The average Bonchev–Trinajstić information content (AvgIpc) is 2.70. The molecule has 0 radical (unpaired) electrons. The van der Waals surface area contributed by atoms with E-state index in [4.69, 9.17) is 16.3 Å². The highest BCUT2D eigenvalue weighted by molar-refractivity contribution is 6.29. The molecule has 0 bridgehead atoms. The van der Waals surface area contributed by atoms with Crippen molar-refractivity contribution in [3.63, 3.8) is 0 Å². The summed E-state index contributed by atoms with van der Waals surface area (Å²) in [7, 11) is 0. The topological polar surface area (TPSA) is 37.9 Å². The number of ether oxygens (including phenoxy) is 1. The summed E-state index contributed by atoms with van der Waals surface area (Å²) in [5.74, 6) is 1.54. The van der Waals surface area contributed by atoms with E-state index in [2.05, 4.69) is 9.97 Å². The molecule has 1 N–H and O–H groups in total. The zero-order valence-corrected chi connectivity index (χ0v) is 9.61. The molecule has 0 atom stereocenters. The third kappa shape index (κ3) is 2.10. The Kier molecular flexibility index (Phi) is 2.46. The van der Waals surface area contributed by atoms with Crippen molar-refractivity contribution in [3.8, 4) is 11.5 Å². The van der Waals surface area contributed by atoms with E-state index in [1.165, 1.54) is 0 Å². The van der Waals surface area contributed by atoms with Gasteiger partial charge >= 0.3 is 0 Å². The highest BCUT2D eigenvalue weighted by Crippen LogP contribution is 2.25. The summed E-state index contributed by atoms with van der Waals surface area (Å²) in [6.07, 6.45) is 0. The summed E-state index contributed by atoms with van der Waals surface area (Å²) in [6, 6.07) is 15.2. The number of benzene rings is 2. The molecule has 0 saturated heterocycles. The average molecular weight is 245 g/mol. The van der Waals surface area contributed by atoms with Crippen LogP contribution in [0.1, 0.15) is 0 Å². The minimum atomic E-state index is 0.386. The number of nitrogens with zero attached hydrogens (tertiary/aromatic N) is 1. The van der Waals surface area contributed by atoms with E-state index in [9.17, 15) is 0 Å². The first-order chi connectivity index (χ1) is 8.31. The Bertz CT molecular complexity index is 649. The molecule has 0 aliphatic carbocycles. The Hall–Kier alpha value is -2.00. The van der Waals surface area contributed by atoms with Crippen LogP contribution in [0.3, 0.4) is 0 Å². The van der Waals surface area contributed by atoms with Crippen molar-refractivity contribution in [3.05, 3.63) is 53.8 Å². The lowest BCUT2D eigenvalue weighted by Gasteiger charge is -2.04. The van der Waals surface area contributed by atoms with E-state index in [1.54, 1.807) is 0 Å². The Morgan fingerprint density at radius 3 is 2.65 bits per heavy atom. The zero-order valence-electron chi connectivity index (χ0n) is 8.85. The van der Waals surface area contributed by atoms with Gasteiger partial charge in [0.1, 0.15) is 11.5 Å². The largest absolute Gasteiger partial charge is 0.457 e. The van der Waals surface area contributed by atoms with E-state index < -0.39 is 0 Å². The van der Waals surface area contributed by atoms with Crippen LogP contribution in [0.2, 0.25) is 5.28 Å². The first kappa shape index (κ1) is 10.2. The predicted molar refractivity (Wildman–Crippen MR) is 67.6 cm³/mol. The summed E-state index contributed by atoms with van der Waals surface area (Å²) in [6.45, 7) is 0. The lowest BCUT2D eigenvalue weighted by Crippen LogP contribution is -1.83. The normalized spacial score (nSPS) is 10.6. The van der Waals surface area contributed by atoms with Gasteiger partial charge in [-0.15, -0.1) is 0 Å². The Morgan fingerprint density at radius 1 is 1.00 bits per heavy atom. The Balaban J connectivity index is 1.95. The Labute approximate surface area is 103 Å². The SMILES string of the molecule is Clc1nc2cc(Oc3ccccc3)ccc2[nH]1. The summed E-state index contributed by atoms with van der Waals surface area (Å²) in [5, 5.41) is 0.386. The molecule has 0 aliphatic heterocycles. The number of aromatic amines is 1. The van der Waals surface area contributed by atoms with Gasteiger partial charge in [0.2, 0.25) is 5.28 Å². The van der Waals surface area contributed by atoms with Crippen molar-refractivity contribution in [2.45, 2.75) is 0 Å². The van der Waals surface area contributed by atoms with E-state index in [0.717, 1.165) is 22.5 Å². The molecule has 0 unspecified atom stereocenters. The molecule has 0 fully saturated rings. The lowest BCUT2D eigenvalue weighted by atomic mass is 10.3. The standard InChI is InChI=1S/C13H9ClN2O/c14-13-15-11-7-6-10(8-12(11)16-13)17-9-4-2-1-3-5-9/h1-8H,(H,15,16). The van der Waals surface area contributed by atoms with Gasteiger partial charge in [-0.05, 0) is 35.9 Å². The van der Waals surface area contributed by atoms with Gasteiger partial charge in [0.15, 0.2) is 0 Å². The van der Waals surface area contributed by atoms with Gasteiger partial charge in [-0.1, -0.05) is 18.2 Å². The van der Waals surface area contributed by atoms with Gasteiger partial charge in [-0.25, -0.2) is 4.98 Å². The minimum Gasteiger partial charge on any atom is -0.457 e. The number of para-hydroxylation sites is 1. The van der Waals surface area contributed by atoms with Crippen molar-refractivity contribution in [1.82, 2.24) is 9.97 Å². The van der Waals surface area contributed by atoms with Crippen molar-refractivity contribution >= 4 is 22.6 Å². The van der Waals surface area contributed by atoms with Crippen molar-refractivity contribution < 1.29 is 4.74 Å². The second-order valence-electron chi connectivity index (χ2n) is 3.62. The van der Waals surface area contributed by atoms with E-state index in [-0.39, 0.29) is 0 Å². The van der Waals surface area contributed by atoms with E-state index >= 15 is 0 Å². The number of nitrogens with one attached hydrogen (secondary N) is 1. The summed E-state index contributed by atoms with van der Waals surface area (Å²) >= 11 is 5.79. The molecule has 3 nitrogen and oxygen atoms in total. The third-order valence-electron chi connectivity index (χ3n) is 2.40. The fourth-order valence-electron chi connectivity index (χ4n) is 1.64. The Morgan fingerprint density at radius 2 is 1.82 bits per heavy atom. The number of hydrogen-bond acceptors (Lipinski definition) is 2. The number of aromatic nitrogens is 2. The number of hydrogen-bond donors (Lipinski definition) is 1. The monoisotopic (exact) mass is 244 g/mol. The number of imidazole rings is 1. The summed E-state index contributed by atoms with van der Waals surface area (Å²) in [5.41, 5.74) is 1.69. The highest BCUT2D eigenvalue weighted by Gasteiger charge is 2.03. The fraction of sp³-hybridized carbons (Fsp3) is 0. The van der Waals surface area contributed by atoms with Crippen LogP contribution in [-0.4, -0.2) is 9.97 Å². The molecule has 0 aliphatic rings.